The maximum absolute atomic E-state index is 13.9. The second-order valence-corrected chi connectivity index (χ2v) is 7.93. The number of sulfonamides is 1. The average molecular weight is 367 g/mol. The molecular formula is C12H13BrF2N2O2S. The van der Waals surface area contributed by atoms with Gasteiger partial charge in [-0.1, -0.05) is 0 Å². The Morgan fingerprint density at radius 3 is 2.35 bits per heavy atom. The van der Waals surface area contributed by atoms with Gasteiger partial charge in [-0.05, 0) is 46.9 Å². The zero-order valence-electron chi connectivity index (χ0n) is 10.4. The maximum atomic E-state index is 13.9. The fourth-order valence-corrected chi connectivity index (χ4v) is 5.58. The highest BCUT2D eigenvalue weighted by Crippen LogP contribution is 2.34. The minimum atomic E-state index is -3.94. The van der Waals surface area contributed by atoms with E-state index in [1.807, 2.05) is 0 Å². The van der Waals surface area contributed by atoms with Crippen molar-refractivity contribution in [2.75, 3.05) is 26.2 Å². The van der Waals surface area contributed by atoms with Gasteiger partial charge in [0.05, 0.1) is 0 Å². The van der Waals surface area contributed by atoms with Crippen LogP contribution in [-0.2, 0) is 10.0 Å². The second-order valence-electron chi connectivity index (χ2n) is 5.20. The number of hydrogen-bond acceptors (Lipinski definition) is 3. The van der Waals surface area contributed by atoms with E-state index in [4.69, 9.17) is 0 Å². The van der Waals surface area contributed by atoms with Crippen LogP contribution in [-0.4, -0.2) is 38.9 Å². The zero-order chi connectivity index (χ0) is 14.5. The van der Waals surface area contributed by atoms with Crippen molar-refractivity contribution < 1.29 is 17.2 Å². The molecule has 0 aromatic heterocycles. The van der Waals surface area contributed by atoms with E-state index < -0.39 is 26.6 Å². The van der Waals surface area contributed by atoms with Crippen molar-refractivity contribution in [2.45, 2.75) is 4.90 Å². The molecule has 2 heterocycles. The molecule has 0 radical (unpaired) electrons. The van der Waals surface area contributed by atoms with Crippen molar-refractivity contribution in [1.82, 2.24) is 9.62 Å². The molecule has 2 saturated heterocycles. The van der Waals surface area contributed by atoms with Crippen molar-refractivity contribution >= 4 is 26.0 Å². The predicted molar refractivity (Wildman–Crippen MR) is 72.7 cm³/mol. The van der Waals surface area contributed by atoms with Gasteiger partial charge in [0, 0.05) is 23.6 Å². The van der Waals surface area contributed by atoms with Crippen LogP contribution in [0.25, 0.3) is 0 Å². The summed E-state index contributed by atoms with van der Waals surface area (Å²) in [5.41, 5.74) is 0. The van der Waals surface area contributed by atoms with E-state index in [9.17, 15) is 17.2 Å². The molecule has 20 heavy (non-hydrogen) atoms. The van der Waals surface area contributed by atoms with Crippen LogP contribution >= 0.6 is 15.9 Å². The van der Waals surface area contributed by atoms with Gasteiger partial charge in [-0.25, -0.2) is 17.2 Å². The third-order valence-corrected chi connectivity index (χ3v) is 6.71. The normalized spacial score (nSPS) is 26.9. The average Bonchev–Trinajstić information content (AvgIpc) is 2.85. The summed E-state index contributed by atoms with van der Waals surface area (Å²) in [7, 11) is -3.94. The van der Waals surface area contributed by atoms with Crippen LogP contribution in [0.5, 0.6) is 0 Å². The summed E-state index contributed by atoms with van der Waals surface area (Å²) < 4.78 is 53.2. The molecule has 110 valence electrons. The van der Waals surface area contributed by atoms with E-state index in [-0.39, 0.29) is 16.3 Å². The van der Waals surface area contributed by atoms with Gasteiger partial charge in [0.1, 0.15) is 16.5 Å². The van der Waals surface area contributed by atoms with Gasteiger partial charge in [0.25, 0.3) is 0 Å². The molecule has 0 bridgehead atoms. The van der Waals surface area contributed by atoms with E-state index in [0.717, 1.165) is 19.2 Å². The van der Waals surface area contributed by atoms with Gasteiger partial charge >= 0.3 is 0 Å². The molecule has 0 spiro atoms. The summed E-state index contributed by atoms with van der Waals surface area (Å²) in [6, 6.07) is 1.56. The molecule has 0 saturated carbocycles. The van der Waals surface area contributed by atoms with Crippen LogP contribution in [0.3, 0.4) is 0 Å². The Hall–Kier alpha value is -0.570. The zero-order valence-corrected chi connectivity index (χ0v) is 12.8. The van der Waals surface area contributed by atoms with Gasteiger partial charge in [-0.15, -0.1) is 0 Å². The predicted octanol–water partition coefficient (Wildman–Crippen LogP) is 1.57. The molecule has 4 nitrogen and oxygen atoms in total. The number of nitrogens with zero attached hydrogens (tertiary/aromatic N) is 1. The number of rotatable bonds is 2. The molecule has 0 aliphatic carbocycles. The first-order valence-corrected chi connectivity index (χ1v) is 8.48. The lowest BCUT2D eigenvalue weighted by Crippen LogP contribution is -2.32. The van der Waals surface area contributed by atoms with Crippen molar-refractivity contribution in [2.24, 2.45) is 11.8 Å². The van der Waals surface area contributed by atoms with Crippen LogP contribution < -0.4 is 5.32 Å². The highest BCUT2D eigenvalue weighted by Gasteiger charge is 2.42. The van der Waals surface area contributed by atoms with E-state index in [1.165, 1.54) is 4.31 Å². The molecule has 8 heteroatoms. The molecule has 2 unspecified atom stereocenters. The Morgan fingerprint density at radius 2 is 1.80 bits per heavy atom. The van der Waals surface area contributed by atoms with E-state index in [2.05, 4.69) is 21.2 Å². The quantitative estimate of drug-likeness (QED) is 0.864. The lowest BCUT2D eigenvalue weighted by atomic mass is 10.0. The molecule has 2 atom stereocenters. The van der Waals surface area contributed by atoms with Crippen LogP contribution in [0.15, 0.2) is 21.5 Å². The van der Waals surface area contributed by atoms with Gasteiger partial charge in [-0.2, -0.15) is 4.31 Å². The maximum Gasteiger partial charge on any atom is 0.247 e. The van der Waals surface area contributed by atoms with E-state index in [1.54, 1.807) is 0 Å². The standard InChI is InChI=1S/C12H13BrF2N2O2S/c13-10-1-9(14)2-11(15)12(10)20(18,19)17-5-7-3-16-4-8(7)6-17/h1-2,7-8,16H,3-6H2. The van der Waals surface area contributed by atoms with Crippen LogP contribution in [0.4, 0.5) is 8.78 Å². The summed E-state index contributed by atoms with van der Waals surface area (Å²) in [5, 5.41) is 3.21. The topological polar surface area (TPSA) is 49.4 Å². The SMILES string of the molecule is O=S(=O)(c1c(F)cc(F)cc1Br)N1CC2CNCC2C1. The van der Waals surface area contributed by atoms with Gasteiger partial charge < -0.3 is 5.32 Å². The van der Waals surface area contributed by atoms with Gasteiger partial charge in [0.2, 0.25) is 10.0 Å². The van der Waals surface area contributed by atoms with Crippen LogP contribution in [0, 0.1) is 23.5 Å². The van der Waals surface area contributed by atoms with E-state index in [0.29, 0.717) is 19.2 Å². The number of benzene rings is 1. The number of halogens is 3. The molecule has 1 aromatic carbocycles. The fourth-order valence-electron chi connectivity index (χ4n) is 2.91. The smallest absolute Gasteiger partial charge is 0.247 e. The highest BCUT2D eigenvalue weighted by molar-refractivity contribution is 9.10. The van der Waals surface area contributed by atoms with Crippen molar-refractivity contribution in [3.8, 4) is 0 Å². The Balaban J connectivity index is 1.97. The van der Waals surface area contributed by atoms with Crippen molar-refractivity contribution in [1.29, 1.82) is 0 Å². The minimum absolute atomic E-state index is 0.0785. The highest BCUT2D eigenvalue weighted by atomic mass is 79.9. The number of hydrogen-bond donors (Lipinski definition) is 1. The molecule has 2 aliphatic rings. The second kappa shape index (κ2) is 5.01. The molecule has 2 fully saturated rings. The van der Waals surface area contributed by atoms with Crippen molar-refractivity contribution in [3.63, 3.8) is 0 Å². The Kier molecular flexibility index (Phi) is 3.60. The monoisotopic (exact) mass is 366 g/mol. The molecule has 3 rings (SSSR count). The van der Waals surface area contributed by atoms with Crippen molar-refractivity contribution in [3.05, 3.63) is 28.2 Å². The Labute approximate surface area is 124 Å². The molecular weight excluding hydrogens is 354 g/mol. The molecule has 1 N–H and O–H groups in total. The minimum Gasteiger partial charge on any atom is -0.316 e. The molecule has 1 aromatic rings. The summed E-state index contributed by atoms with van der Waals surface area (Å²) in [5.74, 6) is -1.33. The Morgan fingerprint density at radius 1 is 1.20 bits per heavy atom. The molecule has 2 aliphatic heterocycles. The summed E-state index contributed by atoms with van der Waals surface area (Å²) in [6.07, 6.45) is 0. The van der Waals surface area contributed by atoms with Crippen LogP contribution in [0.1, 0.15) is 0 Å². The number of nitrogens with one attached hydrogen (secondary N) is 1. The first-order valence-electron chi connectivity index (χ1n) is 6.25. The van der Waals surface area contributed by atoms with Gasteiger partial charge in [-0.3, -0.25) is 0 Å². The fraction of sp³-hybridized carbons (Fsp3) is 0.500. The first-order chi connectivity index (χ1) is 9.39. The Bertz CT molecular complexity index is 618. The summed E-state index contributed by atoms with van der Waals surface area (Å²) in [4.78, 5) is -0.480. The van der Waals surface area contributed by atoms with E-state index >= 15 is 0 Å². The largest absolute Gasteiger partial charge is 0.316 e. The van der Waals surface area contributed by atoms with Gasteiger partial charge in [0.15, 0.2) is 0 Å². The number of fused-ring (bicyclic) bond motifs is 1. The third kappa shape index (κ3) is 2.28. The third-order valence-electron chi connectivity index (χ3n) is 3.92. The lowest BCUT2D eigenvalue weighted by molar-refractivity contribution is 0.441. The summed E-state index contributed by atoms with van der Waals surface area (Å²) >= 11 is 2.94. The lowest BCUT2D eigenvalue weighted by Gasteiger charge is -2.18. The summed E-state index contributed by atoms with van der Waals surface area (Å²) in [6.45, 7) is 2.32. The first kappa shape index (κ1) is 14.4. The van der Waals surface area contributed by atoms with Crippen LogP contribution in [0.2, 0.25) is 0 Å². The molecule has 0 amide bonds.